The highest BCUT2D eigenvalue weighted by molar-refractivity contribution is 5.39. The van der Waals surface area contributed by atoms with Crippen LogP contribution in [0, 0.1) is 6.92 Å². The lowest BCUT2D eigenvalue weighted by Crippen LogP contribution is -2.36. The Morgan fingerprint density at radius 1 is 1.19 bits per heavy atom. The number of ether oxygens (including phenoxy) is 1. The van der Waals surface area contributed by atoms with Crippen LogP contribution < -0.4 is 4.74 Å². The number of likely N-dealkylation sites (N-methyl/N-ethyl adjacent to an activating group) is 1. The zero-order valence-electron chi connectivity index (χ0n) is 14.2. The van der Waals surface area contributed by atoms with E-state index in [0.717, 1.165) is 24.9 Å². The zero-order valence-corrected chi connectivity index (χ0v) is 14.2. The molecule has 1 fully saturated rings. The second-order valence-corrected chi connectivity index (χ2v) is 6.82. The molecular weight excluding hydrogens is 258 g/mol. The first kappa shape index (κ1) is 16.4. The van der Waals surface area contributed by atoms with Gasteiger partial charge >= 0.3 is 0 Å². The summed E-state index contributed by atoms with van der Waals surface area (Å²) in [6.07, 6.45) is 6.93. The summed E-state index contributed by atoms with van der Waals surface area (Å²) in [4.78, 5) is 2.49. The van der Waals surface area contributed by atoms with Gasteiger partial charge in [0.05, 0.1) is 0 Å². The van der Waals surface area contributed by atoms with Crippen molar-refractivity contribution in [2.45, 2.75) is 64.8 Å². The van der Waals surface area contributed by atoms with Crippen molar-refractivity contribution >= 4 is 0 Å². The van der Waals surface area contributed by atoms with E-state index < -0.39 is 0 Å². The molecule has 0 spiro atoms. The number of rotatable bonds is 6. The molecule has 118 valence electrons. The van der Waals surface area contributed by atoms with Crippen LogP contribution in [0.25, 0.3) is 0 Å². The summed E-state index contributed by atoms with van der Waals surface area (Å²) in [7, 11) is 2.25. The Morgan fingerprint density at radius 2 is 1.90 bits per heavy atom. The van der Waals surface area contributed by atoms with Crippen molar-refractivity contribution < 1.29 is 4.74 Å². The summed E-state index contributed by atoms with van der Waals surface area (Å²) in [6, 6.07) is 7.33. The van der Waals surface area contributed by atoms with E-state index in [1.807, 2.05) is 0 Å². The van der Waals surface area contributed by atoms with Crippen molar-refractivity contribution in [2.24, 2.45) is 0 Å². The molecule has 1 aromatic carbocycles. The lowest BCUT2D eigenvalue weighted by Gasteiger charge is -2.31. The van der Waals surface area contributed by atoms with Crippen molar-refractivity contribution in [3.8, 4) is 5.75 Å². The van der Waals surface area contributed by atoms with E-state index in [-0.39, 0.29) is 0 Å². The predicted octanol–water partition coefficient (Wildman–Crippen LogP) is 4.76. The van der Waals surface area contributed by atoms with E-state index in [1.54, 1.807) is 0 Å². The summed E-state index contributed by atoms with van der Waals surface area (Å²) in [5.74, 6) is 1.58. The molecule has 2 rings (SSSR count). The van der Waals surface area contributed by atoms with Crippen LogP contribution in [0.3, 0.4) is 0 Å². The SMILES string of the molecule is Cc1ccc(C(C)C)c(OCCN(C)C2CCCCC2)c1. The Morgan fingerprint density at radius 3 is 2.57 bits per heavy atom. The maximum absolute atomic E-state index is 6.10. The predicted molar refractivity (Wildman–Crippen MR) is 90.3 cm³/mol. The Hall–Kier alpha value is -1.02. The van der Waals surface area contributed by atoms with Gasteiger partial charge in [0.2, 0.25) is 0 Å². The van der Waals surface area contributed by atoms with Crippen molar-refractivity contribution in [1.29, 1.82) is 0 Å². The number of aryl methyl sites for hydroxylation is 1. The van der Waals surface area contributed by atoms with Crippen LogP contribution in [0.1, 0.15) is 63.0 Å². The van der Waals surface area contributed by atoms with Crippen LogP contribution in [0.5, 0.6) is 5.75 Å². The minimum atomic E-state index is 0.511. The first-order valence-electron chi connectivity index (χ1n) is 8.51. The van der Waals surface area contributed by atoms with Gasteiger partial charge in [-0.1, -0.05) is 45.2 Å². The topological polar surface area (TPSA) is 12.5 Å². The van der Waals surface area contributed by atoms with Crippen molar-refractivity contribution in [3.05, 3.63) is 29.3 Å². The third-order valence-electron chi connectivity index (χ3n) is 4.69. The molecule has 2 nitrogen and oxygen atoms in total. The Bertz CT molecular complexity index is 435. The van der Waals surface area contributed by atoms with Crippen molar-refractivity contribution in [3.63, 3.8) is 0 Å². The second kappa shape index (κ2) is 7.84. The van der Waals surface area contributed by atoms with Gasteiger partial charge in [-0.2, -0.15) is 0 Å². The first-order chi connectivity index (χ1) is 10.1. The van der Waals surface area contributed by atoms with Gasteiger partial charge in [-0.15, -0.1) is 0 Å². The normalized spacial score (nSPS) is 16.7. The molecule has 0 saturated heterocycles. The molecule has 1 aliphatic carbocycles. The Labute approximate surface area is 130 Å². The number of benzene rings is 1. The zero-order chi connectivity index (χ0) is 15.2. The highest BCUT2D eigenvalue weighted by atomic mass is 16.5. The molecular formula is C19H31NO. The van der Waals surface area contributed by atoms with Crippen molar-refractivity contribution in [2.75, 3.05) is 20.2 Å². The fourth-order valence-electron chi connectivity index (χ4n) is 3.25. The van der Waals surface area contributed by atoms with E-state index in [9.17, 15) is 0 Å². The van der Waals surface area contributed by atoms with E-state index in [1.165, 1.54) is 43.2 Å². The molecule has 0 radical (unpaired) electrons. The average molecular weight is 289 g/mol. The fraction of sp³-hybridized carbons (Fsp3) is 0.684. The Balaban J connectivity index is 1.86. The van der Waals surface area contributed by atoms with Crippen molar-refractivity contribution in [1.82, 2.24) is 4.90 Å². The molecule has 0 heterocycles. The molecule has 2 heteroatoms. The molecule has 0 amide bonds. The molecule has 0 N–H and O–H groups in total. The van der Waals surface area contributed by atoms with Crippen LogP contribution in [0.4, 0.5) is 0 Å². The highest BCUT2D eigenvalue weighted by Gasteiger charge is 2.17. The van der Waals surface area contributed by atoms with Crippen LogP contribution in [-0.4, -0.2) is 31.1 Å². The quantitative estimate of drug-likeness (QED) is 0.748. The molecule has 0 aromatic heterocycles. The van der Waals surface area contributed by atoms with E-state index in [0.29, 0.717) is 5.92 Å². The standard InChI is InChI=1S/C19H31NO/c1-15(2)18-11-10-16(3)14-19(18)21-13-12-20(4)17-8-6-5-7-9-17/h10-11,14-15,17H,5-9,12-13H2,1-4H3. The molecule has 21 heavy (non-hydrogen) atoms. The Kier molecular flexibility index (Phi) is 6.10. The lowest BCUT2D eigenvalue weighted by atomic mass is 9.94. The van der Waals surface area contributed by atoms with Gasteiger partial charge in [0.1, 0.15) is 12.4 Å². The van der Waals surface area contributed by atoms with Crippen LogP contribution >= 0.6 is 0 Å². The molecule has 0 bridgehead atoms. The summed E-state index contributed by atoms with van der Waals surface area (Å²) in [6.45, 7) is 8.40. The van der Waals surface area contributed by atoms with Crippen LogP contribution in [0.15, 0.2) is 18.2 Å². The van der Waals surface area contributed by atoms with Gasteiger partial charge in [-0.05, 0) is 49.9 Å². The second-order valence-electron chi connectivity index (χ2n) is 6.82. The number of hydrogen-bond acceptors (Lipinski definition) is 2. The van der Waals surface area contributed by atoms with Crippen LogP contribution in [0.2, 0.25) is 0 Å². The van der Waals surface area contributed by atoms with Gasteiger partial charge in [0, 0.05) is 12.6 Å². The third-order valence-corrected chi connectivity index (χ3v) is 4.69. The minimum Gasteiger partial charge on any atom is -0.492 e. The maximum atomic E-state index is 6.10. The minimum absolute atomic E-state index is 0.511. The largest absolute Gasteiger partial charge is 0.492 e. The summed E-state index contributed by atoms with van der Waals surface area (Å²) >= 11 is 0. The number of hydrogen-bond donors (Lipinski definition) is 0. The molecule has 0 aliphatic heterocycles. The average Bonchev–Trinajstić information content (AvgIpc) is 2.48. The monoisotopic (exact) mass is 289 g/mol. The first-order valence-corrected chi connectivity index (χ1v) is 8.51. The molecule has 1 aromatic rings. The maximum Gasteiger partial charge on any atom is 0.123 e. The fourth-order valence-corrected chi connectivity index (χ4v) is 3.25. The van der Waals surface area contributed by atoms with Gasteiger partial charge in [-0.3, -0.25) is 0 Å². The highest BCUT2D eigenvalue weighted by Crippen LogP contribution is 2.27. The van der Waals surface area contributed by atoms with Crippen LogP contribution in [-0.2, 0) is 0 Å². The molecule has 0 unspecified atom stereocenters. The van der Waals surface area contributed by atoms with Gasteiger partial charge < -0.3 is 9.64 Å². The summed E-state index contributed by atoms with van der Waals surface area (Å²) in [5.41, 5.74) is 2.59. The van der Waals surface area contributed by atoms with E-state index in [4.69, 9.17) is 4.74 Å². The summed E-state index contributed by atoms with van der Waals surface area (Å²) in [5, 5.41) is 0. The van der Waals surface area contributed by atoms with E-state index >= 15 is 0 Å². The molecule has 0 atom stereocenters. The summed E-state index contributed by atoms with van der Waals surface area (Å²) < 4.78 is 6.10. The number of nitrogens with zero attached hydrogens (tertiary/aromatic N) is 1. The van der Waals surface area contributed by atoms with E-state index in [2.05, 4.69) is 50.9 Å². The lowest BCUT2D eigenvalue weighted by molar-refractivity contribution is 0.159. The van der Waals surface area contributed by atoms with Gasteiger partial charge in [0.25, 0.3) is 0 Å². The molecule has 1 aliphatic rings. The third kappa shape index (κ3) is 4.74. The molecule has 1 saturated carbocycles. The van der Waals surface area contributed by atoms with Gasteiger partial charge in [-0.25, -0.2) is 0 Å². The van der Waals surface area contributed by atoms with Gasteiger partial charge in [0.15, 0.2) is 0 Å². The smallest absolute Gasteiger partial charge is 0.123 e.